The molecule has 0 aliphatic carbocycles. The zero-order valence-corrected chi connectivity index (χ0v) is 18.3. The molecule has 1 aliphatic heterocycles. The molecule has 3 aromatic carbocycles. The molecule has 0 radical (unpaired) electrons. The molecule has 0 bridgehead atoms. The van der Waals surface area contributed by atoms with Crippen LogP contribution in [0.1, 0.15) is 38.0 Å². The molecule has 0 spiro atoms. The second-order valence-corrected chi connectivity index (χ2v) is 7.90. The molecule has 1 N–H and O–H groups in total. The number of piperazine rings is 1. The molecule has 0 saturated carbocycles. The van der Waals surface area contributed by atoms with E-state index in [0.717, 1.165) is 0 Å². The first-order valence-electron chi connectivity index (χ1n) is 10.7. The first-order valence-corrected chi connectivity index (χ1v) is 10.7. The Labute approximate surface area is 191 Å². The number of nitrogens with zero attached hydrogens (tertiary/aromatic N) is 2. The number of anilines is 2. The number of carbonyl (C=O) groups excluding carboxylic acids is 3. The third-order valence-electron chi connectivity index (χ3n) is 5.69. The largest absolute Gasteiger partial charge is 0.366 e. The molecule has 2 amide bonds. The third-order valence-corrected chi connectivity index (χ3v) is 5.69. The average Bonchev–Trinajstić information content (AvgIpc) is 2.84. The van der Waals surface area contributed by atoms with Crippen molar-refractivity contribution in [2.75, 3.05) is 36.4 Å². The summed E-state index contributed by atoms with van der Waals surface area (Å²) in [5, 5.41) is 2.82. The zero-order chi connectivity index (χ0) is 23.4. The maximum atomic E-state index is 14.4. The Bertz CT molecular complexity index is 1170. The number of carbonyl (C=O) groups is 3. The smallest absolute Gasteiger partial charge is 0.255 e. The lowest BCUT2D eigenvalue weighted by atomic mass is 10.1. The van der Waals surface area contributed by atoms with Crippen LogP contribution in [-0.4, -0.2) is 48.7 Å². The van der Waals surface area contributed by atoms with Crippen molar-refractivity contribution in [2.24, 2.45) is 0 Å². The molecule has 1 fully saturated rings. The Morgan fingerprint density at radius 1 is 0.788 bits per heavy atom. The fourth-order valence-corrected chi connectivity index (χ4v) is 3.80. The highest BCUT2D eigenvalue weighted by Crippen LogP contribution is 2.23. The lowest BCUT2D eigenvalue weighted by Gasteiger charge is -2.36. The number of benzene rings is 3. The summed E-state index contributed by atoms with van der Waals surface area (Å²) in [5.74, 6) is -0.936. The fraction of sp³-hybridized carbons (Fsp3) is 0.192. The highest BCUT2D eigenvalue weighted by molar-refractivity contribution is 6.04. The van der Waals surface area contributed by atoms with Crippen molar-refractivity contribution in [2.45, 2.75) is 6.92 Å². The number of ketones is 1. The topological polar surface area (TPSA) is 69.7 Å². The van der Waals surface area contributed by atoms with Crippen molar-refractivity contribution in [3.05, 3.63) is 95.3 Å². The summed E-state index contributed by atoms with van der Waals surface area (Å²) in [6.07, 6.45) is 0. The zero-order valence-electron chi connectivity index (χ0n) is 18.3. The van der Waals surface area contributed by atoms with Gasteiger partial charge >= 0.3 is 0 Å². The lowest BCUT2D eigenvalue weighted by molar-refractivity contribution is 0.0746. The van der Waals surface area contributed by atoms with Gasteiger partial charge in [0, 0.05) is 48.6 Å². The van der Waals surface area contributed by atoms with E-state index in [1.165, 1.54) is 13.0 Å². The summed E-state index contributed by atoms with van der Waals surface area (Å²) < 4.78 is 14.4. The van der Waals surface area contributed by atoms with Crippen molar-refractivity contribution >= 4 is 29.0 Å². The van der Waals surface area contributed by atoms with Gasteiger partial charge < -0.3 is 15.1 Å². The predicted molar refractivity (Wildman–Crippen MR) is 125 cm³/mol. The van der Waals surface area contributed by atoms with Gasteiger partial charge in [0.1, 0.15) is 5.82 Å². The van der Waals surface area contributed by atoms with E-state index in [1.807, 2.05) is 11.0 Å². The third kappa shape index (κ3) is 5.09. The van der Waals surface area contributed by atoms with E-state index in [2.05, 4.69) is 5.32 Å². The quantitative estimate of drug-likeness (QED) is 0.597. The lowest BCUT2D eigenvalue weighted by Crippen LogP contribution is -2.49. The van der Waals surface area contributed by atoms with Gasteiger partial charge in [-0.3, -0.25) is 14.4 Å². The van der Waals surface area contributed by atoms with E-state index in [9.17, 15) is 18.8 Å². The highest BCUT2D eigenvalue weighted by Gasteiger charge is 2.24. The van der Waals surface area contributed by atoms with Crippen molar-refractivity contribution in [1.29, 1.82) is 0 Å². The van der Waals surface area contributed by atoms with Crippen LogP contribution in [-0.2, 0) is 0 Å². The Kier molecular flexibility index (Phi) is 6.49. The molecule has 7 heteroatoms. The average molecular weight is 445 g/mol. The Morgan fingerprint density at radius 3 is 2.03 bits per heavy atom. The number of hydrogen-bond donors (Lipinski definition) is 1. The van der Waals surface area contributed by atoms with Crippen LogP contribution in [0.5, 0.6) is 0 Å². The van der Waals surface area contributed by atoms with E-state index in [1.54, 1.807) is 65.6 Å². The van der Waals surface area contributed by atoms with Gasteiger partial charge in [0.25, 0.3) is 11.8 Å². The van der Waals surface area contributed by atoms with E-state index in [-0.39, 0.29) is 17.6 Å². The molecule has 1 heterocycles. The molecule has 3 aromatic rings. The number of hydrogen-bond acceptors (Lipinski definition) is 4. The van der Waals surface area contributed by atoms with Gasteiger partial charge in [-0.1, -0.05) is 18.2 Å². The number of amides is 2. The summed E-state index contributed by atoms with van der Waals surface area (Å²) in [4.78, 5) is 40.2. The highest BCUT2D eigenvalue weighted by atomic mass is 19.1. The summed E-state index contributed by atoms with van der Waals surface area (Å²) in [7, 11) is 0. The van der Waals surface area contributed by atoms with Crippen LogP contribution in [0.25, 0.3) is 0 Å². The van der Waals surface area contributed by atoms with Crippen molar-refractivity contribution in [1.82, 2.24) is 4.90 Å². The van der Waals surface area contributed by atoms with Crippen LogP contribution in [0.2, 0.25) is 0 Å². The fourth-order valence-electron chi connectivity index (χ4n) is 3.80. The standard InChI is InChI=1S/C26H24FN3O3/c1-18(31)21-9-12-24(23(27)17-21)29-13-15-30(16-14-29)26(33)20-7-10-22(11-8-20)28-25(32)19-5-3-2-4-6-19/h2-12,17H,13-16H2,1H3,(H,28,32). The molecule has 0 aromatic heterocycles. The molecule has 0 unspecified atom stereocenters. The van der Waals surface area contributed by atoms with Crippen LogP contribution >= 0.6 is 0 Å². The normalized spacial score (nSPS) is 13.5. The summed E-state index contributed by atoms with van der Waals surface area (Å²) in [6, 6.07) is 20.2. The van der Waals surface area contributed by atoms with Crippen molar-refractivity contribution < 1.29 is 18.8 Å². The van der Waals surface area contributed by atoms with Crippen LogP contribution < -0.4 is 10.2 Å². The minimum atomic E-state index is -0.435. The van der Waals surface area contributed by atoms with Gasteiger partial charge in [-0.15, -0.1) is 0 Å². The summed E-state index contributed by atoms with van der Waals surface area (Å²) in [6.45, 7) is 3.31. The minimum Gasteiger partial charge on any atom is -0.366 e. The molecule has 6 nitrogen and oxygen atoms in total. The van der Waals surface area contributed by atoms with Crippen LogP contribution in [0.15, 0.2) is 72.8 Å². The molecule has 33 heavy (non-hydrogen) atoms. The van der Waals surface area contributed by atoms with Gasteiger partial charge in [0.2, 0.25) is 0 Å². The second-order valence-electron chi connectivity index (χ2n) is 7.90. The van der Waals surface area contributed by atoms with E-state index in [0.29, 0.717) is 54.2 Å². The van der Waals surface area contributed by atoms with Gasteiger partial charge in [0.15, 0.2) is 5.78 Å². The van der Waals surface area contributed by atoms with Crippen molar-refractivity contribution in [3.8, 4) is 0 Å². The summed E-state index contributed by atoms with van der Waals surface area (Å²) in [5.41, 5.74) is 2.47. The molecule has 4 rings (SSSR count). The van der Waals surface area contributed by atoms with Crippen LogP contribution in [0, 0.1) is 5.82 Å². The van der Waals surface area contributed by atoms with Gasteiger partial charge in [-0.25, -0.2) is 4.39 Å². The first kappa shape index (κ1) is 22.2. The second kappa shape index (κ2) is 9.65. The minimum absolute atomic E-state index is 0.108. The first-order chi connectivity index (χ1) is 15.9. The Balaban J connectivity index is 1.35. The molecule has 0 atom stereocenters. The predicted octanol–water partition coefficient (Wildman–Crippen LogP) is 4.24. The number of halogens is 1. The maximum Gasteiger partial charge on any atom is 0.255 e. The monoisotopic (exact) mass is 445 g/mol. The number of rotatable bonds is 5. The van der Waals surface area contributed by atoms with Crippen LogP contribution in [0.4, 0.5) is 15.8 Å². The molecule has 168 valence electrons. The SMILES string of the molecule is CC(=O)c1ccc(N2CCN(C(=O)c3ccc(NC(=O)c4ccccc4)cc3)CC2)c(F)c1. The van der Waals surface area contributed by atoms with E-state index >= 15 is 0 Å². The number of nitrogens with one attached hydrogen (secondary N) is 1. The van der Waals surface area contributed by atoms with Gasteiger partial charge in [-0.2, -0.15) is 0 Å². The summed E-state index contributed by atoms with van der Waals surface area (Å²) >= 11 is 0. The van der Waals surface area contributed by atoms with E-state index < -0.39 is 5.82 Å². The molecular formula is C26H24FN3O3. The molecule has 1 saturated heterocycles. The maximum absolute atomic E-state index is 14.4. The molecule has 1 aliphatic rings. The Hall–Kier alpha value is -4.00. The van der Waals surface area contributed by atoms with Crippen LogP contribution in [0.3, 0.4) is 0 Å². The van der Waals surface area contributed by atoms with Gasteiger partial charge in [-0.05, 0) is 61.5 Å². The van der Waals surface area contributed by atoms with E-state index in [4.69, 9.17) is 0 Å². The van der Waals surface area contributed by atoms with Gasteiger partial charge in [0.05, 0.1) is 5.69 Å². The number of Topliss-reactive ketones (excluding diaryl/α,β-unsaturated/α-hetero) is 1. The van der Waals surface area contributed by atoms with Crippen molar-refractivity contribution in [3.63, 3.8) is 0 Å². The Morgan fingerprint density at radius 2 is 1.42 bits per heavy atom. The molecular weight excluding hydrogens is 421 g/mol.